The molecule has 0 saturated carbocycles. The van der Waals surface area contributed by atoms with Crippen LogP contribution in [0.1, 0.15) is 12.5 Å². The number of nitrogens with zero attached hydrogens (tertiary/aromatic N) is 4. The van der Waals surface area contributed by atoms with E-state index in [-0.39, 0.29) is 17.1 Å². The van der Waals surface area contributed by atoms with Gasteiger partial charge in [0.1, 0.15) is 5.82 Å². The van der Waals surface area contributed by atoms with E-state index in [0.717, 1.165) is 41.1 Å². The summed E-state index contributed by atoms with van der Waals surface area (Å²) in [4.78, 5) is 22.4. The van der Waals surface area contributed by atoms with Crippen LogP contribution in [0.3, 0.4) is 0 Å². The molecule has 3 aromatic rings. The van der Waals surface area contributed by atoms with Gasteiger partial charge in [0.2, 0.25) is 5.91 Å². The number of non-ortho nitro benzene ring substituents is 1. The van der Waals surface area contributed by atoms with Crippen molar-refractivity contribution in [3.63, 3.8) is 0 Å². The lowest BCUT2D eigenvalue weighted by atomic mass is 10.1. The first-order valence-electron chi connectivity index (χ1n) is 8.76. The maximum Gasteiger partial charge on any atom is 0.271 e. The fraction of sp³-hybridized carbons (Fsp3) is 0.211. The summed E-state index contributed by atoms with van der Waals surface area (Å²) in [6.45, 7) is 4.55. The molecular weight excluding hydrogens is 397 g/mol. The Morgan fingerprint density at radius 2 is 2.07 bits per heavy atom. The third-order valence-electron chi connectivity index (χ3n) is 4.08. The number of aromatic nitrogens is 3. The van der Waals surface area contributed by atoms with Gasteiger partial charge >= 0.3 is 0 Å². The van der Waals surface area contributed by atoms with E-state index in [2.05, 4.69) is 15.5 Å². The van der Waals surface area contributed by atoms with Crippen LogP contribution >= 0.6 is 11.8 Å². The Morgan fingerprint density at radius 1 is 1.28 bits per heavy atom. The minimum atomic E-state index is -0.743. The zero-order valence-electron chi connectivity index (χ0n) is 15.8. The SMILES string of the molecule is CCn1c(SCC(=O)Nc2cc([N+](=O)[O-])ccc2F)nnc1-c1cccc(C)c1. The number of rotatable bonds is 7. The Balaban J connectivity index is 1.71. The van der Waals surface area contributed by atoms with Crippen molar-refractivity contribution in [1.82, 2.24) is 14.8 Å². The second-order valence-electron chi connectivity index (χ2n) is 6.18. The van der Waals surface area contributed by atoms with E-state index in [1.54, 1.807) is 0 Å². The van der Waals surface area contributed by atoms with Crippen molar-refractivity contribution in [2.24, 2.45) is 0 Å². The zero-order valence-corrected chi connectivity index (χ0v) is 16.6. The second kappa shape index (κ2) is 8.82. The van der Waals surface area contributed by atoms with Gasteiger partial charge in [-0.25, -0.2) is 4.39 Å². The molecule has 0 aliphatic carbocycles. The highest BCUT2D eigenvalue weighted by Gasteiger charge is 2.17. The van der Waals surface area contributed by atoms with Crippen LogP contribution < -0.4 is 5.32 Å². The summed E-state index contributed by atoms with van der Waals surface area (Å²) < 4.78 is 15.7. The van der Waals surface area contributed by atoms with Gasteiger partial charge in [-0.05, 0) is 26.0 Å². The number of hydrogen-bond acceptors (Lipinski definition) is 6. The van der Waals surface area contributed by atoms with Crippen molar-refractivity contribution in [2.45, 2.75) is 25.5 Å². The van der Waals surface area contributed by atoms with Crippen LogP contribution in [0.4, 0.5) is 15.8 Å². The first-order chi connectivity index (χ1) is 13.9. The number of anilines is 1. The molecule has 0 atom stereocenters. The molecule has 0 radical (unpaired) electrons. The molecule has 0 spiro atoms. The van der Waals surface area contributed by atoms with E-state index in [4.69, 9.17) is 0 Å². The summed E-state index contributed by atoms with van der Waals surface area (Å²) in [5.41, 5.74) is 1.49. The number of nitro benzene ring substituents is 1. The highest BCUT2D eigenvalue weighted by Crippen LogP contribution is 2.25. The Bertz CT molecular complexity index is 1070. The number of amides is 1. The fourth-order valence-electron chi connectivity index (χ4n) is 2.72. The number of nitro groups is 1. The summed E-state index contributed by atoms with van der Waals surface area (Å²) in [5, 5.41) is 22.1. The molecule has 0 aliphatic rings. The van der Waals surface area contributed by atoms with Crippen molar-refractivity contribution in [2.75, 3.05) is 11.1 Å². The van der Waals surface area contributed by atoms with E-state index in [1.807, 2.05) is 42.7 Å². The number of nitrogens with one attached hydrogen (secondary N) is 1. The molecular formula is C19H18FN5O3S. The third-order valence-corrected chi connectivity index (χ3v) is 5.04. The van der Waals surface area contributed by atoms with Gasteiger partial charge in [-0.15, -0.1) is 10.2 Å². The largest absolute Gasteiger partial charge is 0.323 e. The van der Waals surface area contributed by atoms with Crippen LogP contribution in [-0.2, 0) is 11.3 Å². The molecule has 1 heterocycles. The van der Waals surface area contributed by atoms with Gasteiger partial charge in [-0.2, -0.15) is 0 Å². The Hall–Kier alpha value is -3.27. The van der Waals surface area contributed by atoms with Gasteiger partial charge in [0, 0.05) is 24.2 Å². The number of halogens is 1. The van der Waals surface area contributed by atoms with Gasteiger partial charge in [-0.3, -0.25) is 14.9 Å². The van der Waals surface area contributed by atoms with Gasteiger partial charge < -0.3 is 9.88 Å². The van der Waals surface area contributed by atoms with Gasteiger partial charge in [0.15, 0.2) is 11.0 Å². The summed E-state index contributed by atoms with van der Waals surface area (Å²) in [6, 6.07) is 10.8. The molecule has 0 bridgehead atoms. The van der Waals surface area contributed by atoms with Crippen LogP contribution in [-0.4, -0.2) is 31.3 Å². The molecule has 1 amide bonds. The Kier molecular flexibility index (Phi) is 6.23. The maximum absolute atomic E-state index is 13.8. The lowest BCUT2D eigenvalue weighted by Crippen LogP contribution is -2.15. The number of aryl methyl sites for hydroxylation is 1. The highest BCUT2D eigenvalue weighted by molar-refractivity contribution is 7.99. The average molecular weight is 415 g/mol. The van der Waals surface area contributed by atoms with Crippen LogP contribution in [0.15, 0.2) is 47.6 Å². The van der Waals surface area contributed by atoms with Gasteiger partial charge in [0.25, 0.3) is 5.69 Å². The van der Waals surface area contributed by atoms with Crippen molar-refractivity contribution in [3.05, 3.63) is 64.0 Å². The lowest BCUT2D eigenvalue weighted by molar-refractivity contribution is -0.384. The highest BCUT2D eigenvalue weighted by atomic mass is 32.2. The quantitative estimate of drug-likeness (QED) is 0.355. The number of carbonyl (C=O) groups is 1. The number of thioether (sulfide) groups is 1. The molecule has 3 rings (SSSR count). The molecule has 0 saturated heterocycles. The maximum atomic E-state index is 13.8. The normalized spacial score (nSPS) is 10.7. The molecule has 29 heavy (non-hydrogen) atoms. The first-order valence-corrected chi connectivity index (χ1v) is 9.74. The molecule has 1 aromatic heterocycles. The standard InChI is InChI=1S/C19H18FN5O3S/c1-3-24-18(13-6-4-5-12(2)9-13)22-23-19(24)29-11-17(26)21-16-10-14(25(27)28)7-8-15(16)20/h4-10H,3,11H2,1-2H3,(H,21,26). The van der Waals surface area contributed by atoms with Gasteiger partial charge in [0.05, 0.1) is 16.4 Å². The smallest absolute Gasteiger partial charge is 0.271 e. The topological polar surface area (TPSA) is 103 Å². The molecule has 150 valence electrons. The van der Waals surface area contributed by atoms with E-state index in [1.165, 1.54) is 0 Å². The van der Waals surface area contributed by atoms with Crippen LogP contribution in [0.25, 0.3) is 11.4 Å². The molecule has 0 fully saturated rings. The molecule has 8 nitrogen and oxygen atoms in total. The number of carbonyl (C=O) groups excluding carboxylic acids is 1. The minimum absolute atomic E-state index is 0.0475. The summed E-state index contributed by atoms with van der Waals surface area (Å²) in [7, 11) is 0. The van der Waals surface area contributed by atoms with E-state index in [0.29, 0.717) is 17.5 Å². The van der Waals surface area contributed by atoms with Crippen molar-refractivity contribution in [1.29, 1.82) is 0 Å². The first kappa shape index (κ1) is 20.5. The Morgan fingerprint density at radius 3 is 2.76 bits per heavy atom. The second-order valence-corrected chi connectivity index (χ2v) is 7.12. The van der Waals surface area contributed by atoms with Crippen molar-refractivity contribution >= 4 is 29.0 Å². The summed E-state index contributed by atoms with van der Waals surface area (Å²) in [5.74, 6) is -0.595. The fourth-order valence-corrected chi connectivity index (χ4v) is 3.52. The van der Waals surface area contributed by atoms with Crippen molar-refractivity contribution in [3.8, 4) is 11.4 Å². The molecule has 1 N–H and O–H groups in total. The van der Waals surface area contributed by atoms with Crippen LogP contribution in [0.5, 0.6) is 0 Å². The van der Waals surface area contributed by atoms with E-state index in [9.17, 15) is 19.3 Å². The van der Waals surface area contributed by atoms with E-state index >= 15 is 0 Å². The summed E-state index contributed by atoms with van der Waals surface area (Å²) in [6.07, 6.45) is 0. The predicted molar refractivity (Wildman–Crippen MR) is 108 cm³/mol. The third kappa shape index (κ3) is 4.77. The molecule has 0 aliphatic heterocycles. The Labute approximate surface area is 170 Å². The lowest BCUT2D eigenvalue weighted by Gasteiger charge is -2.08. The monoisotopic (exact) mass is 415 g/mol. The molecule has 2 aromatic carbocycles. The number of benzene rings is 2. The summed E-state index contributed by atoms with van der Waals surface area (Å²) >= 11 is 1.16. The van der Waals surface area contributed by atoms with Crippen LogP contribution in [0, 0.1) is 22.9 Å². The van der Waals surface area contributed by atoms with Crippen molar-refractivity contribution < 1.29 is 14.1 Å². The average Bonchev–Trinajstić information content (AvgIpc) is 3.11. The minimum Gasteiger partial charge on any atom is -0.323 e. The van der Waals surface area contributed by atoms with E-state index < -0.39 is 16.6 Å². The van der Waals surface area contributed by atoms with Gasteiger partial charge in [-0.1, -0.05) is 35.5 Å². The molecule has 0 unspecified atom stereocenters. The predicted octanol–water partition coefficient (Wildman–Crippen LogP) is 4.05. The number of hydrogen-bond donors (Lipinski definition) is 1. The molecule has 10 heteroatoms. The van der Waals surface area contributed by atoms with Crippen LogP contribution in [0.2, 0.25) is 0 Å². The zero-order chi connectivity index (χ0) is 21.0.